The number of rotatable bonds is 6. The molecule has 0 aliphatic heterocycles. The fourth-order valence-corrected chi connectivity index (χ4v) is 3.83. The lowest BCUT2D eigenvalue weighted by Gasteiger charge is -2.16. The van der Waals surface area contributed by atoms with Gasteiger partial charge in [0.1, 0.15) is 17.9 Å². The number of nitrogens with zero attached hydrogens (tertiary/aromatic N) is 4. The first kappa shape index (κ1) is 21.5. The Hall–Kier alpha value is -3.73. The van der Waals surface area contributed by atoms with Crippen molar-refractivity contribution in [3.63, 3.8) is 0 Å². The lowest BCUT2D eigenvalue weighted by molar-refractivity contribution is -0.153. The molecule has 0 spiro atoms. The summed E-state index contributed by atoms with van der Waals surface area (Å²) >= 11 is 1.48. The Bertz CT molecular complexity index is 1330. The van der Waals surface area contributed by atoms with Gasteiger partial charge in [-0.05, 0) is 35.9 Å². The van der Waals surface area contributed by atoms with Crippen LogP contribution in [0.25, 0.3) is 26.7 Å². The van der Waals surface area contributed by atoms with Gasteiger partial charge in [-0.3, -0.25) is 4.99 Å². The third-order valence-corrected chi connectivity index (χ3v) is 5.26. The summed E-state index contributed by atoms with van der Waals surface area (Å²) in [6, 6.07) is 8.70. The molecule has 164 valence electrons. The fourth-order valence-electron chi connectivity index (χ4n) is 3.11. The normalized spacial score (nSPS) is 12.7. The predicted molar refractivity (Wildman–Crippen MR) is 121 cm³/mol. The van der Waals surface area contributed by atoms with E-state index < -0.39 is 12.8 Å². The molecule has 0 bridgehead atoms. The Morgan fingerprint density at radius 3 is 2.78 bits per heavy atom. The van der Waals surface area contributed by atoms with Gasteiger partial charge in [0.05, 0.1) is 26.6 Å². The summed E-state index contributed by atoms with van der Waals surface area (Å²) in [5.41, 5.74) is 10.4. The van der Waals surface area contributed by atoms with Crippen molar-refractivity contribution in [3.8, 4) is 5.75 Å². The smallest absolute Gasteiger partial charge is 0.422 e. The molecule has 0 fully saturated rings. The predicted octanol–water partition coefficient (Wildman–Crippen LogP) is 4.92. The van der Waals surface area contributed by atoms with E-state index in [4.69, 9.17) is 10.5 Å². The molecule has 0 atom stereocenters. The summed E-state index contributed by atoms with van der Waals surface area (Å²) in [4.78, 5) is 16.6. The van der Waals surface area contributed by atoms with Crippen molar-refractivity contribution in [3.05, 3.63) is 53.9 Å². The average Bonchev–Trinajstić information content (AvgIpc) is 3.23. The maximum atomic E-state index is 12.9. The van der Waals surface area contributed by atoms with E-state index in [9.17, 15) is 13.2 Å². The topological polar surface area (TPSA) is 98.3 Å². The number of aromatic nitrogens is 3. The molecule has 32 heavy (non-hydrogen) atoms. The number of fused-ring (bicyclic) bond motifs is 2. The molecule has 0 saturated carbocycles. The van der Waals surface area contributed by atoms with E-state index in [2.05, 4.69) is 25.3 Å². The van der Waals surface area contributed by atoms with Crippen molar-refractivity contribution in [2.45, 2.75) is 6.18 Å². The first-order chi connectivity index (χ1) is 15.4. The maximum absolute atomic E-state index is 12.9. The van der Waals surface area contributed by atoms with Gasteiger partial charge < -0.3 is 15.8 Å². The second kappa shape index (κ2) is 8.79. The zero-order valence-electron chi connectivity index (χ0n) is 16.7. The SMILES string of the molecule is CN=C/C(=C\N)c1cc(OCC(F)(F)F)c2c(Nc3ccc4ncsc4c3)ncnc2c1. The molecule has 0 aliphatic rings. The quantitative estimate of drug-likeness (QED) is 0.398. The van der Waals surface area contributed by atoms with Gasteiger partial charge in [-0.1, -0.05) is 0 Å². The van der Waals surface area contributed by atoms with Crippen LogP contribution >= 0.6 is 11.3 Å². The van der Waals surface area contributed by atoms with E-state index in [0.29, 0.717) is 33.5 Å². The minimum absolute atomic E-state index is 0.0272. The third-order valence-electron chi connectivity index (χ3n) is 4.47. The number of nitrogens with one attached hydrogen (secondary N) is 1. The molecule has 11 heteroatoms. The van der Waals surface area contributed by atoms with Gasteiger partial charge >= 0.3 is 6.18 Å². The molecule has 4 rings (SSSR count). The second-order valence-corrected chi connectivity index (χ2v) is 7.55. The first-order valence-electron chi connectivity index (χ1n) is 9.31. The van der Waals surface area contributed by atoms with Gasteiger partial charge in [-0.25, -0.2) is 15.0 Å². The zero-order valence-corrected chi connectivity index (χ0v) is 17.5. The molecule has 3 N–H and O–H groups in total. The number of alkyl halides is 3. The minimum atomic E-state index is -4.51. The lowest BCUT2D eigenvalue weighted by atomic mass is 10.0. The maximum Gasteiger partial charge on any atom is 0.422 e. The number of hydrogen-bond acceptors (Lipinski definition) is 8. The summed E-state index contributed by atoms with van der Waals surface area (Å²) in [5.74, 6) is 0.283. The van der Waals surface area contributed by atoms with Crippen LogP contribution < -0.4 is 15.8 Å². The minimum Gasteiger partial charge on any atom is -0.483 e. The van der Waals surface area contributed by atoms with Crippen LogP contribution in [-0.2, 0) is 0 Å². The number of halogens is 3. The van der Waals surface area contributed by atoms with Gasteiger partial charge in [0.15, 0.2) is 6.61 Å². The number of thiazole rings is 1. The number of hydrogen-bond donors (Lipinski definition) is 2. The standard InChI is InChI=1S/C21H17F3N6OS/c1-26-8-13(7-25)12-4-16-19(17(5-12)31-9-21(22,23)24)20(28-10-27-16)30-14-2-3-15-18(6-14)32-11-29-15/h2-8,10-11H,9,25H2,1H3,(H,27,28,30)/b13-7+,26-8?. The van der Waals surface area contributed by atoms with E-state index in [1.54, 1.807) is 18.6 Å². The Labute approximate surface area is 184 Å². The van der Waals surface area contributed by atoms with Crippen LogP contribution in [0, 0.1) is 0 Å². The van der Waals surface area contributed by atoms with Crippen LogP contribution in [0.15, 0.2) is 53.4 Å². The highest BCUT2D eigenvalue weighted by atomic mass is 32.1. The molecule has 0 amide bonds. The highest BCUT2D eigenvalue weighted by molar-refractivity contribution is 7.16. The van der Waals surface area contributed by atoms with Crippen LogP contribution in [0.2, 0.25) is 0 Å². The highest BCUT2D eigenvalue weighted by Crippen LogP contribution is 2.36. The number of aliphatic imine (C=N–C) groups is 1. The van der Waals surface area contributed by atoms with Gasteiger partial charge in [0, 0.05) is 30.7 Å². The summed E-state index contributed by atoms with van der Waals surface area (Å²) < 4.78 is 44.9. The molecular weight excluding hydrogens is 441 g/mol. The average molecular weight is 458 g/mol. The molecule has 4 aromatic rings. The molecular formula is C21H17F3N6OS. The summed E-state index contributed by atoms with van der Waals surface area (Å²) in [7, 11) is 1.57. The van der Waals surface area contributed by atoms with Gasteiger partial charge in [0.25, 0.3) is 0 Å². The van der Waals surface area contributed by atoms with E-state index >= 15 is 0 Å². The van der Waals surface area contributed by atoms with Crippen molar-refractivity contribution in [1.82, 2.24) is 15.0 Å². The monoisotopic (exact) mass is 458 g/mol. The molecule has 2 heterocycles. The van der Waals surface area contributed by atoms with Crippen molar-refractivity contribution in [1.29, 1.82) is 0 Å². The van der Waals surface area contributed by atoms with E-state index in [1.165, 1.54) is 36.1 Å². The van der Waals surface area contributed by atoms with Crippen molar-refractivity contribution >= 4 is 55.7 Å². The van der Waals surface area contributed by atoms with Crippen LogP contribution in [-0.4, -0.2) is 41.0 Å². The van der Waals surface area contributed by atoms with Gasteiger partial charge in [0.2, 0.25) is 0 Å². The molecule has 2 aromatic carbocycles. The van der Waals surface area contributed by atoms with Crippen LogP contribution in [0.5, 0.6) is 5.75 Å². The summed E-state index contributed by atoms with van der Waals surface area (Å²) in [6.07, 6.45) is -0.376. The number of benzene rings is 2. The first-order valence-corrected chi connectivity index (χ1v) is 10.2. The van der Waals surface area contributed by atoms with Gasteiger partial charge in [-0.15, -0.1) is 11.3 Å². The summed E-state index contributed by atoms with van der Waals surface area (Å²) in [6.45, 7) is -1.46. The Morgan fingerprint density at radius 1 is 1.19 bits per heavy atom. The highest BCUT2D eigenvalue weighted by Gasteiger charge is 2.29. The second-order valence-electron chi connectivity index (χ2n) is 6.66. The lowest BCUT2D eigenvalue weighted by Crippen LogP contribution is -2.19. The van der Waals surface area contributed by atoms with Crippen LogP contribution in [0.3, 0.4) is 0 Å². The Morgan fingerprint density at radius 2 is 2.03 bits per heavy atom. The zero-order chi connectivity index (χ0) is 22.7. The molecule has 0 radical (unpaired) electrons. The number of nitrogens with two attached hydrogens (primary N) is 1. The van der Waals surface area contributed by atoms with Crippen LogP contribution in [0.4, 0.5) is 24.7 Å². The van der Waals surface area contributed by atoms with Crippen molar-refractivity contribution in [2.24, 2.45) is 10.7 Å². The molecule has 0 aliphatic carbocycles. The number of allylic oxidation sites excluding steroid dienone is 1. The number of anilines is 2. The van der Waals surface area contributed by atoms with E-state index in [-0.39, 0.29) is 5.75 Å². The fraction of sp³-hybridized carbons (Fsp3) is 0.143. The number of ether oxygens (including phenoxy) is 1. The van der Waals surface area contributed by atoms with E-state index in [1.807, 2.05) is 18.2 Å². The molecule has 0 unspecified atom stereocenters. The van der Waals surface area contributed by atoms with Crippen molar-refractivity contribution < 1.29 is 17.9 Å². The van der Waals surface area contributed by atoms with Crippen molar-refractivity contribution in [2.75, 3.05) is 19.0 Å². The van der Waals surface area contributed by atoms with Gasteiger partial charge in [-0.2, -0.15) is 13.2 Å². The molecule has 0 saturated heterocycles. The third kappa shape index (κ3) is 4.62. The van der Waals surface area contributed by atoms with E-state index in [0.717, 1.165) is 10.2 Å². The van der Waals surface area contributed by atoms with Crippen LogP contribution in [0.1, 0.15) is 5.56 Å². The molecule has 7 nitrogen and oxygen atoms in total. The largest absolute Gasteiger partial charge is 0.483 e. The Balaban J connectivity index is 1.83. The summed E-state index contributed by atoms with van der Waals surface area (Å²) in [5, 5.41) is 3.47. The molecule has 2 aromatic heterocycles. The Kier molecular flexibility index (Phi) is 5.91.